The zero-order valence-corrected chi connectivity index (χ0v) is 16.7. The second kappa shape index (κ2) is 9.55. The smallest absolute Gasteiger partial charge is 0.314 e. The predicted molar refractivity (Wildman–Crippen MR) is 119 cm³/mol. The normalized spacial score (nSPS) is 10.3. The van der Waals surface area contributed by atoms with E-state index in [1.165, 1.54) is 0 Å². The lowest BCUT2D eigenvalue weighted by Crippen LogP contribution is -2.29. The van der Waals surface area contributed by atoms with Gasteiger partial charge in [0.25, 0.3) is 0 Å². The second-order valence-corrected chi connectivity index (χ2v) is 6.63. The van der Waals surface area contributed by atoms with Gasteiger partial charge in [0.15, 0.2) is 0 Å². The zero-order valence-electron chi connectivity index (χ0n) is 16.7. The first-order chi connectivity index (χ1) is 14.1. The molecule has 0 bridgehead atoms. The van der Waals surface area contributed by atoms with E-state index in [0.717, 1.165) is 41.0 Å². The van der Waals surface area contributed by atoms with Crippen LogP contribution in [0.5, 0.6) is 0 Å². The van der Waals surface area contributed by atoms with Crippen LogP contribution in [0.15, 0.2) is 72.8 Å². The van der Waals surface area contributed by atoms with Crippen LogP contribution in [-0.2, 0) is 22.4 Å². The molecule has 148 valence electrons. The molecule has 5 nitrogen and oxygen atoms in total. The summed E-state index contributed by atoms with van der Waals surface area (Å²) in [4.78, 5) is 24.8. The second-order valence-electron chi connectivity index (χ2n) is 6.63. The average molecular weight is 387 g/mol. The van der Waals surface area contributed by atoms with Crippen molar-refractivity contribution in [3.8, 4) is 0 Å². The molecule has 3 N–H and O–H groups in total. The van der Waals surface area contributed by atoms with Gasteiger partial charge >= 0.3 is 11.8 Å². The number of anilines is 4. The van der Waals surface area contributed by atoms with Crippen molar-refractivity contribution in [2.45, 2.75) is 26.7 Å². The Morgan fingerprint density at radius 1 is 0.621 bits per heavy atom. The monoisotopic (exact) mass is 387 g/mol. The van der Waals surface area contributed by atoms with Crippen molar-refractivity contribution in [2.75, 3.05) is 16.0 Å². The fraction of sp³-hybridized carbons (Fsp3) is 0.167. The summed E-state index contributed by atoms with van der Waals surface area (Å²) in [7, 11) is 0. The third-order valence-electron chi connectivity index (χ3n) is 4.65. The van der Waals surface area contributed by atoms with Gasteiger partial charge in [0.1, 0.15) is 0 Å². The van der Waals surface area contributed by atoms with E-state index in [2.05, 4.69) is 16.0 Å². The molecule has 0 spiro atoms. The van der Waals surface area contributed by atoms with Gasteiger partial charge in [-0.25, -0.2) is 0 Å². The Morgan fingerprint density at radius 3 is 1.72 bits per heavy atom. The third-order valence-corrected chi connectivity index (χ3v) is 4.65. The number of hydrogen-bond acceptors (Lipinski definition) is 3. The molecule has 0 unspecified atom stereocenters. The number of nitrogens with one attached hydrogen (secondary N) is 3. The Labute approximate surface area is 171 Å². The maximum atomic E-state index is 12.4. The number of carbonyl (C=O) groups is 2. The van der Waals surface area contributed by atoms with Crippen molar-refractivity contribution in [3.63, 3.8) is 0 Å². The summed E-state index contributed by atoms with van der Waals surface area (Å²) in [6.45, 7) is 4.05. The highest BCUT2D eigenvalue weighted by molar-refractivity contribution is 6.43. The number of para-hydroxylation sites is 2. The molecule has 3 aromatic rings. The van der Waals surface area contributed by atoms with Crippen molar-refractivity contribution in [1.29, 1.82) is 0 Å². The number of carbonyl (C=O) groups excluding carboxylic acids is 2. The van der Waals surface area contributed by atoms with Crippen LogP contribution in [-0.4, -0.2) is 11.8 Å². The number of benzene rings is 3. The lowest BCUT2D eigenvalue weighted by atomic mass is 10.0. The maximum absolute atomic E-state index is 12.4. The van der Waals surface area contributed by atoms with Crippen LogP contribution >= 0.6 is 0 Å². The molecule has 0 saturated carbocycles. The summed E-state index contributed by atoms with van der Waals surface area (Å²) in [6.07, 6.45) is 1.56. The van der Waals surface area contributed by atoms with Crippen molar-refractivity contribution < 1.29 is 9.59 Å². The molecule has 0 fully saturated rings. The molecule has 5 heteroatoms. The van der Waals surface area contributed by atoms with Gasteiger partial charge in [0.2, 0.25) is 0 Å². The van der Waals surface area contributed by atoms with E-state index in [4.69, 9.17) is 0 Å². The number of hydrogen-bond donors (Lipinski definition) is 3. The van der Waals surface area contributed by atoms with Crippen molar-refractivity contribution in [1.82, 2.24) is 0 Å². The van der Waals surface area contributed by atoms with Crippen LogP contribution in [0.4, 0.5) is 22.7 Å². The molecular formula is C24H25N3O2. The molecule has 2 amide bonds. The molecule has 0 heterocycles. The first-order valence-electron chi connectivity index (χ1n) is 9.76. The highest BCUT2D eigenvalue weighted by Crippen LogP contribution is 2.23. The molecule has 0 atom stereocenters. The number of amides is 2. The Balaban J connectivity index is 1.64. The van der Waals surface area contributed by atoms with E-state index >= 15 is 0 Å². The van der Waals surface area contributed by atoms with Crippen molar-refractivity contribution in [3.05, 3.63) is 83.9 Å². The zero-order chi connectivity index (χ0) is 20.6. The minimum atomic E-state index is -0.693. The first kappa shape index (κ1) is 20.1. The van der Waals surface area contributed by atoms with E-state index in [9.17, 15) is 9.59 Å². The van der Waals surface area contributed by atoms with Crippen molar-refractivity contribution in [2.24, 2.45) is 0 Å². The molecule has 0 aromatic heterocycles. The van der Waals surface area contributed by atoms with Crippen LogP contribution in [0.25, 0.3) is 0 Å². The van der Waals surface area contributed by atoms with E-state index < -0.39 is 11.8 Å². The van der Waals surface area contributed by atoms with E-state index in [1.807, 2.05) is 74.5 Å². The van der Waals surface area contributed by atoms with Gasteiger partial charge in [0, 0.05) is 22.7 Å². The Kier molecular flexibility index (Phi) is 6.63. The summed E-state index contributed by atoms with van der Waals surface area (Å²) in [5.74, 6) is -1.37. The summed E-state index contributed by atoms with van der Waals surface area (Å²) in [6, 6.07) is 22.9. The van der Waals surface area contributed by atoms with Gasteiger partial charge in [-0.05, 0) is 60.4 Å². The van der Waals surface area contributed by atoms with E-state index in [-0.39, 0.29) is 0 Å². The Hall–Kier alpha value is -3.60. The van der Waals surface area contributed by atoms with Gasteiger partial charge in [-0.1, -0.05) is 50.2 Å². The predicted octanol–water partition coefficient (Wildman–Crippen LogP) is 5.13. The van der Waals surface area contributed by atoms with Gasteiger partial charge in [0.05, 0.1) is 0 Å². The Bertz CT molecular complexity index is 961. The minimum absolute atomic E-state index is 0.559. The molecule has 0 aliphatic heterocycles. The molecule has 29 heavy (non-hydrogen) atoms. The molecular weight excluding hydrogens is 362 g/mol. The lowest BCUT2D eigenvalue weighted by Gasteiger charge is -2.14. The van der Waals surface area contributed by atoms with Crippen molar-refractivity contribution >= 4 is 34.6 Å². The number of aryl methyl sites for hydroxylation is 2. The summed E-state index contributed by atoms with van der Waals surface area (Å²) in [5, 5.41) is 8.70. The summed E-state index contributed by atoms with van der Waals surface area (Å²) in [5.41, 5.74) is 5.19. The summed E-state index contributed by atoms with van der Waals surface area (Å²) >= 11 is 0. The topological polar surface area (TPSA) is 70.2 Å². The van der Waals surface area contributed by atoms with Gasteiger partial charge in [-0.15, -0.1) is 0 Å². The SMILES string of the molecule is CCc1cccc(CC)c1NC(=O)C(=O)Nc1ccc(Nc2ccccc2)cc1. The fourth-order valence-corrected chi connectivity index (χ4v) is 3.09. The molecule has 0 aliphatic carbocycles. The quantitative estimate of drug-likeness (QED) is 0.513. The molecule has 3 aromatic carbocycles. The van der Waals surface area contributed by atoms with Crippen LogP contribution in [0.3, 0.4) is 0 Å². The largest absolute Gasteiger partial charge is 0.356 e. The standard InChI is InChI=1S/C24H25N3O2/c1-3-17-9-8-10-18(4-2)22(17)27-24(29)23(28)26-21-15-13-20(14-16-21)25-19-11-6-5-7-12-19/h5-16,25H,3-4H2,1-2H3,(H,26,28)(H,27,29). The van der Waals surface area contributed by atoms with E-state index in [0.29, 0.717) is 5.69 Å². The fourth-order valence-electron chi connectivity index (χ4n) is 3.09. The van der Waals surface area contributed by atoms with Crippen LogP contribution < -0.4 is 16.0 Å². The minimum Gasteiger partial charge on any atom is -0.356 e. The average Bonchev–Trinajstić information content (AvgIpc) is 2.76. The molecule has 0 saturated heterocycles. The van der Waals surface area contributed by atoms with Crippen LogP contribution in [0.1, 0.15) is 25.0 Å². The van der Waals surface area contributed by atoms with Gasteiger partial charge in [-0.2, -0.15) is 0 Å². The maximum Gasteiger partial charge on any atom is 0.314 e. The molecule has 0 radical (unpaired) electrons. The van der Waals surface area contributed by atoms with Gasteiger partial charge < -0.3 is 16.0 Å². The number of rotatable bonds is 6. The highest BCUT2D eigenvalue weighted by atomic mass is 16.2. The van der Waals surface area contributed by atoms with Gasteiger partial charge in [-0.3, -0.25) is 9.59 Å². The molecule has 0 aliphatic rings. The van der Waals surface area contributed by atoms with Crippen LogP contribution in [0, 0.1) is 0 Å². The summed E-state index contributed by atoms with van der Waals surface area (Å²) < 4.78 is 0. The molecule has 3 rings (SSSR count). The Morgan fingerprint density at radius 2 is 1.14 bits per heavy atom. The first-order valence-corrected chi connectivity index (χ1v) is 9.76. The van der Waals surface area contributed by atoms with E-state index in [1.54, 1.807) is 12.1 Å². The lowest BCUT2D eigenvalue weighted by molar-refractivity contribution is -0.133. The van der Waals surface area contributed by atoms with Crippen LogP contribution in [0.2, 0.25) is 0 Å². The highest BCUT2D eigenvalue weighted by Gasteiger charge is 2.17. The third kappa shape index (κ3) is 5.23.